The van der Waals surface area contributed by atoms with E-state index < -0.39 is 0 Å². The zero-order chi connectivity index (χ0) is 19.4. The molecule has 1 fully saturated rings. The first-order valence-corrected chi connectivity index (χ1v) is 8.67. The van der Waals surface area contributed by atoms with Crippen LogP contribution in [0.15, 0.2) is 48.2 Å². The monoisotopic (exact) mass is 384 g/mol. The second kappa shape index (κ2) is 8.09. The molecule has 3 rings (SSSR count). The number of thiocarbonyl (C=S) groups is 1. The average Bonchev–Trinajstić information content (AvgIpc) is 2.93. The number of methoxy groups -OCH3 is 2. The lowest BCUT2D eigenvalue weighted by molar-refractivity contribution is -0.121. The van der Waals surface area contributed by atoms with Gasteiger partial charge in [-0.05, 0) is 60.3 Å². The number of hydrogen-bond acceptors (Lipinski definition) is 5. The third-order valence-electron chi connectivity index (χ3n) is 4.15. The number of benzene rings is 2. The minimum atomic E-state index is -0.160. The van der Waals surface area contributed by atoms with Gasteiger partial charge in [0.2, 0.25) is 0 Å². The van der Waals surface area contributed by atoms with Crippen molar-refractivity contribution in [3.05, 3.63) is 59.3 Å². The van der Waals surface area contributed by atoms with Crippen LogP contribution in [0.4, 0.5) is 0 Å². The lowest BCUT2D eigenvalue weighted by atomic mass is 10.1. The molecule has 1 aliphatic heterocycles. The topological polar surface area (TPSA) is 60.0 Å². The number of carbonyl (C=O) groups excluding carboxylic acids is 1. The molecule has 0 spiro atoms. The molecule has 0 aliphatic carbocycles. The lowest BCUT2D eigenvalue weighted by Crippen LogP contribution is -2.25. The number of nitrogens with one attached hydrogen (secondary N) is 1. The van der Waals surface area contributed by atoms with Crippen molar-refractivity contribution in [3.8, 4) is 17.2 Å². The van der Waals surface area contributed by atoms with Crippen LogP contribution in [0, 0.1) is 0 Å². The number of nitrogens with zero attached hydrogens (tertiary/aromatic N) is 1. The van der Waals surface area contributed by atoms with Crippen LogP contribution in [-0.2, 0) is 11.4 Å². The van der Waals surface area contributed by atoms with Crippen LogP contribution in [0.1, 0.15) is 11.1 Å². The Labute approximate surface area is 163 Å². The quantitative estimate of drug-likeness (QED) is 0.610. The highest BCUT2D eigenvalue weighted by molar-refractivity contribution is 7.80. The van der Waals surface area contributed by atoms with E-state index >= 15 is 0 Å². The molecule has 0 saturated carbocycles. The first-order chi connectivity index (χ1) is 13.0. The fourth-order valence-corrected chi connectivity index (χ4v) is 2.82. The van der Waals surface area contributed by atoms with Crippen LogP contribution in [0.3, 0.4) is 0 Å². The van der Waals surface area contributed by atoms with E-state index in [2.05, 4.69) is 5.32 Å². The SMILES string of the molecule is COc1ccc(OCc2cc(/C=C3/NC(=S)N(C)C3=O)ccc2OC)cc1. The van der Waals surface area contributed by atoms with Gasteiger partial charge in [0.1, 0.15) is 29.6 Å². The van der Waals surface area contributed by atoms with Gasteiger partial charge in [-0.15, -0.1) is 0 Å². The van der Waals surface area contributed by atoms with Crippen LogP contribution < -0.4 is 19.5 Å². The summed E-state index contributed by atoms with van der Waals surface area (Å²) in [7, 11) is 4.87. The molecular weight excluding hydrogens is 364 g/mol. The summed E-state index contributed by atoms with van der Waals surface area (Å²) >= 11 is 5.10. The molecule has 2 aromatic rings. The van der Waals surface area contributed by atoms with Gasteiger partial charge in [0.15, 0.2) is 5.11 Å². The zero-order valence-corrected chi connectivity index (χ0v) is 16.1. The molecule has 1 N–H and O–H groups in total. The Kier molecular flexibility index (Phi) is 5.61. The fraction of sp³-hybridized carbons (Fsp3) is 0.200. The van der Waals surface area contributed by atoms with Gasteiger partial charge in [0, 0.05) is 12.6 Å². The molecule has 27 heavy (non-hydrogen) atoms. The standard InChI is InChI=1S/C20H20N2O4S/c1-22-19(23)17(21-20(22)27)11-13-4-9-18(25-3)14(10-13)12-26-16-7-5-15(24-2)6-8-16/h4-11H,12H2,1-3H3,(H,21,27)/b17-11+. The summed E-state index contributed by atoms with van der Waals surface area (Å²) in [6.07, 6.45) is 1.76. The molecule has 0 radical (unpaired) electrons. The number of amides is 1. The third kappa shape index (κ3) is 4.20. The molecule has 0 atom stereocenters. The zero-order valence-electron chi connectivity index (χ0n) is 15.3. The van der Waals surface area contributed by atoms with Crippen molar-refractivity contribution < 1.29 is 19.0 Å². The van der Waals surface area contributed by atoms with E-state index in [4.69, 9.17) is 26.4 Å². The van der Waals surface area contributed by atoms with Gasteiger partial charge in [-0.25, -0.2) is 0 Å². The molecule has 1 heterocycles. The summed E-state index contributed by atoms with van der Waals surface area (Å²) < 4.78 is 16.4. The van der Waals surface area contributed by atoms with Gasteiger partial charge in [-0.1, -0.05) is 6.07 Å². The summed E-state index contributed by atoms with van der Waals surface area (Å²) in [5.74, 6) is 2.04. The Morgan fingerprint density at radius 1 is 1.07 bits per heavy atom. The minimum Gasteiger partial charge on any atom is -0.497 e. The van der Waals surface area contributed by atoms with Gasteiger partial charge in [-0.2, -0.15) is 0 Å². The van der Waals surface area contributed by atoms with Crippen molar-refractivity contribution in [1.82, 2.24) is 10.2 Å². The van der Waals surface area contributed by atoms with Crippen LogP contribution in [0.25, 0.3) is 6.08 Å². The van der Waals surface area contributed by atoms with Crippen molar-refractivity contribution in [1.29, 1.82) is 0 Å². The lowest BCUT2D eigenvalue weighted by Gasteiger charge is -2.12. The number of rotatable bonds is 6. The summed E-state index contributed by atoms with van der Waals surface area (Å²) in [4.78, 5) is 13.5. The molecule has 7 heteroatoms. The molecule has 0 unspecified atom stereocenters. The molecule has 140 valence electrons. The first-order valence-electron chi connectivity index (χ1n) is 8.26. The summed E-state index contributed by atoms with van der Waals surface area (Å²) in [5, 5.41) is 3.30. The fourth-order valence-electron chi connectivity index (χ4n) is 2.62. The van der Waals surface area contributed by atoms with Gasteiger partial charge in [-0.3, -0.25) is 9.69 Å². The van der Waals surface area contributed by atoms with Crippen molar-refractivity contribution in [2.24, 2.45) is 0 Å². The van der Waals surface area contributed by atoms with Crippen molar-refractivity contribution in [2.45, 2.75) is 6.61 Å². The Balaban J connectivity index is 1.79. The number of likely N-dealkylation sites (N-methyl/N-ethyl adjacent to an activating group) is 1. The first kappa shape index (κ1) is 18.7. The molecule has 1 saturated heterocycles. The summed E-state index contributed by atoms with van der Waals surface area (Å²) in [6, 6.07) is 13.0. The van der Waals surface area contributed by atoms with Crippen LogP contribution in [0.5, 0.6) is 17.2 Å². The molecule has 1 aliphatic rings. The van der Waals surface area contributed by atoms with Gasteiger partial charge in [0.25, 0.3) is 5.91 Å². The highest BCUT2D eigenvalue weighted by Crippen LogP contribution is 2.25. The van der Waals surface area contributed by atoms with Crippen molar-refractivity contribution >= 4 is 29.3 Å². The van der Waals surface area contributed by atoms with Crippen molar-refractivity contribution in [3.63, 3.8) is 0 Å². The number of hydrogen-bond donors (Lipinski definition) is 1. The van der Waals surface area contributed by atoms with E-state index in [9.17, 15) is 4.79 Å². The number of ether oxygens (including phenoxy) is 3. The van der Waals surface area contributed by atoms with E-state index in [1.165, 1.54) is 4.90 Å². The van der Waals surface area contributed by atoms with Gasteiger partial charge in [0.05, 0.1) is 14.2 Å². The molecule has 6 nitrogen and oxygen atoms in total. The Bertz CT molecular complexity index is 893. The highest BCUT2D eigenvalue weighted by Gasteiger charge is 2.26. The Morgan fingerprint density at radius 2 is 1.78 bits per heavy atom. The van der Waals surface area contributed by atoms with Crippen LogP contribution in [0.2, 0.25) is 0 Å². The van der Waals surface area contributed by atoms with Crippen molar-refractivity contribution in [2.75, 3.05) is 21.3 Å². The predicted molar refractivity (Wildman–Crippen MR) is 107 cm³/mol. The average molecular weight is 384 g/mol. The maximum atomic E-state index is 12.1. The smallest absolute Gasteiger partial charge is 0.276 e. The predicted octanol–water partition coefficient (Wildman–Crippen LogP) is 2.97. The highest BCUT2D eigenvalue weighted by atomic mass is 32.1. The van der Waals surface area contributed by atoms with E-state index in [-0.39, 0.29) is 5.91 Å². The van der Waals surface area contributed by atoms with Crippen LogP contribution in [-0.4, -0.2) is 37.2 Å². The molecule has 1 amide bonds. The second-order valence-corrected chi connectivity index (χ2v) is 6.27. The molecular formula is C20H20N2O4S. The maximum Gasteiger partial charge on any atom is 0.276 e. The molecule has 0 aromatic heterocycles. The van der Waals surface area contributed by atoms with Crippen LogP contribution >= 0.6 is 12.2 Å². The van der Waals surface area contributed by atoms with E-state index in [0.717, 1.165) is 22.6 Å². The summed E-state index contributed by atoms with van der Waals surface area (Å²) in [5.41, 5.74) is 2.15. The van der Waals surface area contributed by atoms with Gasteiger partial charge < -0.3 is 19.5 Å². The molecule has 0 bridgehead atoms. The minimum absolute atomic E-state index is 0.160. The third-order valence-corrected chi connectivity index (χ3v) is 4.53. The van der Waals surface area contributed by atoms with Gasteiger partial charge >= 0.3 is 0 Å². The van der Waals surface area contributed by atoms with E-state index in [1.807, 2.05) is 42.5 Å². The normalized spacial score (nSPS) is 15.1. The summed E-state index contributed by atoms with van der Waals surface area (Å²) in [6.45, 7) is 0.326. The number of carbonyl (C=O) groups is 1. The Morgan fingerprint density at radius 3 is 2.37 bits per heavy atom. The molecule has 2 aromatic carbocycles. The van der Waals surface area contributed by atoms with E-state index in [1.54, 1.807) is 27.3 Å². The second-order valence-electron chi connectivity index (χ2n) is 5.89. The van der Waals surface area contributed by atoms with E-state index in [0.29, 0.717) is 23.2 Å². The maximum absolute atomic E-state index is 12.1. The largest absolute Gasteiger partial charge is 0.497 e. The Hall–Kier alpha value is -3.06.